The number of piperazine rings is 1. The van der Waals surface area contributed by atoms with Crippen molar-refractivity contribution in [3.63, 3.8) is 0 Å². The molecule has 0 spiro atoms. The van der Waals surface area contributed by atoms with Gasteiger partial charge in [0.25, 0.3) is 5.91 Å². The van der Waals surface area contributed by atoms with Crippen LogP contribution < -0.4 is 16.0 Å². The smallest absolute Gasteiger partial charge is 0.254 e. The van der Waals surface area contributed by atoms with E-state index in [4.69, 9.17) is 0 Å². The number of amides is 2. The number of carbonyl (C=O) groups excluding carboxylic acids is 2. The average molecular weight is 541 g/mol. The van der Waals surface area contributed by atoms with Crippen LogP contribution in [0.25, 0.3) is 0 Å². The molecule has 2 heterocycles. The van der Waals surface area contributed by atoms with Gasteiger partial charge in [0.1, 0.15) is 0 Å². The topological polar surface area (TPSA) is 85.8 Å². The third-order valence-electron chi connectivity index (χ3n) is 4.52. The van der Waals surface area contributed by atoms with Crippen molar-refractivity contribution in [1.29, 1.82) is 0 Å². The number of guanidine groups is 1. The second-order valence-electron chi connectivity index (χ2n) is 6.83. The van der Waals surface area contributed by atoms with Crippen molar-refractivity contribution < 1.29 is 9.59 Å². The lowest BCUT2D eigenvalue weighted by Crippen LogP contribution is -2.49. The van der Waals surface area contributed by atoms with Crippen LogP contribution in [0.3, 0.4) is 0 Å². The second-order valence-corrected chi connectivity index (χ2v) is 8.21. The van der Waals surface area contributed by atoms with E-state index >= 15 is 0 Å². The van der Waals surface area contributed by atoms with Crippen molar-refractivity contribution in [2.45, 2.75) is 26.9 Å². The first kappa shape index (κ1) is 24.1. The van der Waals surface area contributed by atoms with Crippen LogP contribution in [0.5, 0.6) is 0 Å². The number of aliphatic imine (C=N–C) groups is 1. The van der Waals surface area contributed by atoms with E-state index in [1.807, 2.05) is 19.1 Å². The SMILES string of the molecule is CCNC(=NCc1ccc(C(=O)N2CCNC(=O)C2)cc1)NCc1ccc(C)s1.I. The summed E-state index contributed by atoms with van der Waals surface area (Å²) in [5.74, 6) is 0.533. The van der Waals surface area contributed by atoms with Crippen molar-refractivity contribution in [2.75, 3.05) is 26.2 Å². The number of nitrogens with zero attached hydrogens (tertiary/aromatic N) is 2. The summed E-state index contributed by atoms with van der Waals surface area (Å²) >= 11 is 1.77. The molecule has 7 nitrogen and oxygen atoms in total. The molecule has 1 fully saturated rings. The van der Waals surface area contributed by atoms with Crippen molar-refractivity contribution >= 4 is 53.1 Å². The minimum atomic E-state index is -0.115. The normalized spacial score (nSPS) is 14.0. The Bertz CT molecular complexity index is 882. The van der Waals surface area contributed by atoms with Crippen LogP contribution in [0, 0.1) is 6.92 Å². The van der Waals surface area contributed by atoms with E-state index in [0.29, 0.717) is 25.2 Å². The molecule has 1 saturated heterocycles. The summed E-state index contributed by atoms with van der Waals surface area (Å²) in [4.78, 5) is 32.8. The van der Waals surface area contributed by atoms with Gasteiger partial charge in [-0.2, -0.15) is 0 Å². The Balaban J connectivity index is 0.00000320. The Labute approximate surface area is 198 Å². The van der Waals surface area contributed by atoms with Crippen molar-refractivity contribution in [2.24, 2.45) is 4.99 Å². The lowest BCUT2D eigenvalue weighted by atomic mass is 10.1. The molecule has 0 unspecified atom stereocenters. The number of thiophene rings is 1. The van der Waals surface area contributed by atoms with Crippen LogP contribution in [0.1, 0.15) is 32.6 Å². The maximum atomic E-state index is 12.5. The van der Waals surface area contributed by atoms with Gasteiger partial charge in [-0.05, 0) is 43.7 Å². The molecule has 9 heteroatoms. The molecular formula is C21H28IN5O2S. The largest absolute Gasteiger partial charge is 0.357 e. The molecule has 1 aromatic carbocycles. The molecule has 3 N–H and O–H groups in total. The summed E-state index contributed by atoms with van der Waals surface area (Å²) in [5, 5.41) is 9.33. The van der Waals surface area contributed by atoms with Gasteiger partial charge >= 0.3 is 0 Å². The van der Waals surface area contributed by atoms with E-state index in [0.717, 1.165) is 24.6 Å². The Hall–Kier alpha value is -2.14. The molecule has 0 aliphatic carbocycles. The molecule has 0 bridgehead atoms. The van der Waals surface area contributed by atoms with Gasteiger partial charge in [0.05, 0.1) is 19.6 Å². The number of hydrogen-bond donors (Lipinski definition) is 3. The van der Waals surface area contributed by atoms with Gasteiger partial charge in [0, 0.05) is 35.0 Å². The predicted octanol–water partition coefficient (Wildman–Crippen LogP) is 2.50. The summed E-state index contributed by atoms with van der Waals surface area (Å²) in [6, 6.07) is 11.7. The maximum absolute atomic E-state index is 12.5. The van der Waals surface area contributed by atoms with Crippen LogP contribution in [-0.2, 0) is 17.9 Å². The highest BCUT2D eigenvalue weighted by molar-refractivity contribution is 14.0. The van der Waals surface area contributed by atoms with Crippen molar-refractivity contribution in [1.82, 2.24) is 20.9 Å². The van der Waals surface area contributed by atoms with Crippen LogP contribution in [0.15, 0.2) is 41.4 Å². The molecule has 2 amide bonds. The Morgan fingerprint density at radius 2 is 1.97 bits per heavy atom. The fourth-order valence-electron chi connectivity index (χ4n) is 3.01. The highest BCUT2D eigenvalue weighted by atomic mass is 127. The van der Waals surface area contributed by atoms with E-state index in [9.17, 15) is 9.59 Å². The monoisotopic (exact) mass is 541 g/mol. The van der Waals surface area contributed by atoms with Gasteiger partial charge in [0.2, 0.25) is 5.91 Å². The molecule has 1 aliphatic heterocycles. The number of aryl methyl sites for hydroxylation is 1. The first-order chi connectivity index (χ1) is 14.0. The molecule has 30 heavy (non-hydrogen) atoms. The summed E-state index contributed by atoms with van der Waals surface area (Å²) in [5.41, 5.74) is 1.60. The molecule has 1 aliphatic rings. The lowest BCUT2D eigenvalue weighted by Gasteiger charge is -2.26. The molecular weight excluding hydrogens is 513 g/mol. The number of halogens is 1. The second kappa shape index (κ2) is 11.9. The fourth-order valence-corrected chi connectivity index (χ4v) is 3.84. The Kier molecular flexibility index (Phi) is 9.57. The first-order valence-corrected chi connectivity index (χ1v) is 10.6. The lowest BCUT2D eigenvalue weighted by molar-refractivity contribution is -0.123. The zero-order chi connectivity index (χ0) is 20.6. The van der Waals surface area contributed by atoms with E-state index in [1.165, 1.54) is 9.75 Å². The Morgan fingerprint density at radius 1 is 1.20 bits per heavy atom. The number of benzene rings is 1. The number of rotatable bonds is 6. The average Bonchev–Trinajstić information content (AvgIpc) is 3.15. The fraction of sp³-hybridized carbons (Fsp3) is 0.381. The molecule has 3 rings (SSSR count). The molecule has 162 valence electrons. The van der Waals surface area contributed by atoms with Crippen LogP contribution in [0.4, 0.5) is 0 Å². The van der Waals surface area contributed by atoms with Gasteiger partial charge in [-0.1, -0.05) is 12.1 Å². The standard InChI is InChI=1S/C21H27N5O2S.HI/c1-3-22-21(25-13-18-9-4-15(2)29-18)24-12-16-5-7-17(8-6-16)20(28)26-11-10-23-19(27)14-26;/h4-9H,3,10-14H2,1-2H3,(H,23,27)(H2,22,24,25);1H. The summed E-state index contributed by atoms with van der Waals surface area (Å²) in [7, 11) is 0. The van der Waals surface area contributed by atoms with Crippen LogP contribution in [-0.4, -0.2) is 48.9 Å². The minimum absolute atomic E-state index is 0. The predicted molar refractivity (Wildman–Crippen MR) is 131 cm³/mol. The molecule has 0 saturated carbocycles. The van der Waals surface area contributed by atoms with Gasteiger partial charge < -0.3 is 20.9 Å². The zero-order valence-electron chi connectivity index (χ0n) is 17.2. The van der Waals surface area contributed by atoms with E-state index in [2.05, 4.69) is 40.0 Å². The van der Waals surface area contributed by atoms with Gasteiger partial charge in [0.15, 0.2) is 5.96 Å². The van der Waals surface area contributed by atoms with Crippen LogP contribution >= 0.6 is 35.3 Å². The maximum Gasteiger partial charge on any atom is 0.254 e. The molecule has 1 aromatic heterocycles. The molecule has 0 radical (unpaired) electrons. The number of nitrogens with one attached hydrogen (secondary N) is 3. The molecule has 2 aromatic rings. The van der Waals surface area contributed by atoms with E-state index in [-0.39, 0.29) is 42.3 Å². The zero-order valence-corrected chi connectivity index (χ0v) is 20.4. The first-order valence-electron chi connectivity index (χ1n) is 9.77. The van der Waals surface area contributed by atoms with E-state index in [1.54, 1.807) is 28.4 Å². The number of carbonyl (C=O) groups is 2. The van der Waals surface area contributed by atoms with Crippen LogP contribution in [0.2, 0.25) is 0 Å². The highest BCUT2D eigenvalue weighted by Crippen LogP contribution is 2.14. The third-order valence-corrected chi connectivity index (χ3v) is 5.52. The minimum Gasteiger partial charge on any atom is -0.357 e. The van der Waals surface area contributed by atoms with Gasteiger partial charge in [-0.25, -0.2) is 4.99 Å². The van der Waals surface area contributed by atoms with E-state index < -0.39 is 0 Å². The van der Waals surface area contributed by atoms with Gasteiger partial charge in [-0.3, -0.25) is 9.59 Å². The highest BCUT2D eigenvalue weighted by Gasteiger charge is 2.22. The quantitative estimate of drug-likeness (QED) is 0.298. The van der Waals surface area contributed by atoms with Gasteiger partial charge in [-0.15, -0.1) is 35.3 Å². The van der Waals surface area contributed by atoms with Crippen molar-refractivity contribution in [3.8, 4) is 0 Å². The third kappa shape index (κ3) is 6.98. The summed E-state index contributed by atoms with van der Waals surface area (Å²) in [6.45, 7) is 7.33. The molecule has 0 atom stereocenters. The number of hydrogen-bond acceptors (Lipinski definition) is 4. The Morgan fingerprint density at radius 3 is 2.60 bits per heavy atom. The summed E-state index contributed by atoms with van der Waals surface area (Å²) < 4.78 is 0. The van der Waals surface area contributed by atoms with Crippen molar-refractivity contribution in [3.05, 3.63) is 57.3 Å². The summed E-state index contributed by atoms with van der Waals surface area (Å²) in [6.07, 6.45) is 0.